The fourth-order valence-corrected chi connectivity index (χ4v) is 4.25. The van der Waals surface area contributed by atoms with Crippen molar-refractivity contribution in [3.8, 4) is 5.75 Å². The molecule has 0 saturated carbocycles. The summed E-state index contributed by atoms with van der Waals surface area (Å²) in [6.45, 7) is 3.69. The molecule has 0 aliphatic rings. The van der Waals surface area contributed by atoms with Crippen molar-refractivity contribution >= 4 is 46.6 Å². The molecule has 0 aromatic heterocycles. The van der Waals surface area contributed by atoms with Gasteiger partial charge in [0.05, 0.1) is 0 Å². The van der Waals surface area contributed by atoms with Crippen LogP contribution < -0.4 is 10.1 Å². The molecule has 0 fully saturated rings. The van der Waals surface area contributed by atoms with Gasteiger partial charge in [-0.15, -0.1) is 0 Å². The van der Waals surface area contributed by atoms with Crippen LogP contribution >= 0.6 is 34.8 Å². The van der Waals surface area contributed by atoms with E-state index in [-0.39, 0.29) is 31.0 Å². The Morgan fingerprint density at radius 1 is 0.917 bits per heavy atom. The van der Waals surface area contributed by atoms with Crippen molar-refractivity contribution < 1.29 is 14.3 Å². The summed E-state index contributed by atoms with van der Waals surface area (Å²) in [7, 11) is 0. The zero-order chi connectivity index (χ0) is 26.1. The molecule has 190 valence electrons. The van der Waals surface area contributed by atoms with E-state index in [0.717, 1.165) is 12.0 Å². The number of halogens is 3. The second-order valence-corrected chi connectivity index (χ2v) is 9.74. The first-order chi connectivity index (χ1) is 17.3. The van der Waals surface area contributed by atoms with Gasteiger partial charge in [-0.25, -0.2) is 0 Å². The SMILES string of the molecule is CC[C@@H](C)NC(=O)[C@H](Cc1ccccc1)N(Cc1c(Cl)cccc1Cl)C(=O)COc1ccc(Cl)cc1. The van der Waals surface area contributed by atoms with Crippen LogP contribution in [0.3, 0.4) is 0 Å². The molecule has 0 bridgehead atoms. The van der Waals surface area contributed by atoms with Crippen LogP contribution in [0.15, 0.2) is 72.8 Å². The lowest BCUT2D eigenvalue weighted by Crippen LogP contribution is -2.53. The number of carbonyl (C=O) groups excluding carboxylic acids is 2. The highest BCUT2D eigenvalue weighted by Gasteiger charge is 2.32. The van der Waals surface area contributed by atoms with Crippen LogP contribution in [0, 0.1) is 0 Å². The van der Waals surface area contributed by atoms with E-state index in [1.54, 1.807) is 42.5 Å². The van der Waals surface area contributed by atoms with Crippen LogP contribution in [-0.4, -0.2) is 35.4 Å². The van der Waals surface area contributed by atoms with Gasteiger partial charge in [-0.2, -0.15) is 0 Å². The number of rotatable bonds is 11. The highest BCUT2D eigenvalue weighted by atomic mass is 35.5. The molecule has 3 rings (SSSR count). The number of nitrogens with zero attached hydrogens (tertiary/aromatic N) is 1. The molecule has 0 unspecified atom stereocenters. The topological polar surface area (TPSA) is 58.6 Å². The summed E-state index contributed by atoms with van der Waals surface area (Å²) in [4.78, 5) is 28.6. The predicted molar refractivity (Wildman–Crippen MR) is 146 cm³/mol. The highest BCUT2D eigenvalue weighted by molar-refractivity contribution is 6.36. The average Bonchev–Trinajstić information content (AvgIpc) is 2.87. The Kier molecular flexibility index (Phi) is 10.5. The molecule has 2 amide bonds. The van der Waals surface area contributed by atoms with Gasteiger partial charge in [-0.3, -0.25) is 9.59 Å². The lowest BCUT2D eigenvalue weighted by Gasteiger charge is -2.32. The fourth-order valence-electron chi connectivity index (χ4n) is 3.61. The van der Waals surface area contributed by atoms with Crippen LogP contribution in [0.1, 0.15) is 31.4 Å². The van der Waals surface area contributed by atoms with Crippen molar-refractivity contribution in [1.29, 1.82) is 0 Å². The lowest BCUT2D eigenvalue weighted by atomic mass is 10.0. The van der Waals surface area contributed by atoms with Crippen molar-refractivity contribution in [2.45, 2.75) is 45.3 Å². The molecule has 0 radical (unpaired) electrons. The van der Waals surface area contributed by atoms with Gasteiger partial charge in [0, 0.05) is 39.6 Å². The van der Waals surface area contributed by atoms with Crippen molar-refractivity contribution in [2.24, 2.45) is 0 Å². The summed E-state index contributed by atoms with van der Waals surface area (Å²) in [5.41, 5.74) is 1.48. The number of carbonyl (C=O) groups is 2. The third kappa shape index (κ3) is 7.89. The lowest BCUT2D eigenvalue weighted by molar-refractivity contribution is -0.143. The van der Waals surface area contributed by atoms with Gasteiger partial charge in [-0.1, -0.05) is 78.1 Å². The number of amides is 2. The minimum absolute atomic E-state index is 0.0484. The first-order valence-electron chi connectivity index (χ1n) is 11.7. The molecule has 2 atom stereocenters. The number of hydrogen-bond donors (Lipinski definition) is 1. The molecule has 3 aromatic carbocycles. The molecule has 36 heavy (non-hydrogen) atoms. The zero-order valence-electron chi connectivity index (χ0n) is 20.2. The number of ether oxygens (including phenoxy) is 1. The van der Waals surface area contributed by atoms with Gasteiger partial charge in [-0.05, 0) is 55.3 Å². The van der Waals surface area contributed by atoms with E-state index in [0.29, 0.717) is 32.8 Å². The van der Waals surface area contributed by atoms with E-state index < -0.39 is 6.04 Å². The van der Waals surface area contributed by atoms with E-state index in [2.05, 4.69) is 5.32 Å². The van der Waals surface area contributed by atoms with Gasteiger partial charge >= 0.3 is 0 Å². The smallest absolute Gasteiger partial charge is 0.261 e. The predicted octanol–water partition coefficient (Wildman–Crippen LogP) is 6.58. The van der Waals surface area contributed by atoms with E-state index in [4.69, 9.17) is 39.5 Å². The minimum Gasteiger partial charge on any atom is -0.484 e. The molecular formula is C28H29Cl3N2O3. The quantitative estimate of drug-likeness (QED) is 0.295. The fraction of sp³-hybridized carbons (Fsp3) is 0.286. The van der Waals surface area contributed by atoms with Crippen LogP contribution in [-0.2, 0) is 22.6 Å². The van der Waals surface area contributed by atoms with E-state index >= 15 is 0 Å². The minimum atomic E-state index is -0.810. The summed E-state index contributed by atoms with van der Waals surface area (Å²) in [6.07, 6.45) is 1.08. The normalized spacial score (nSPS) is 12.5. The van der Waals surface area contributed by atoms with Gasteiger partial charge in [0.1, 0.15) is 11.8 Å². The maximum atomic E-state index is 13.6. The molecule has 3 aromatic rings. The van der Waals surface area contributed by atoms with Crippen LogP contribution in [0.4, 0.5) is 0 Å². The second-order valence-electron chi connectivity index (χ2n) is 8.49. The molecule has 0 heterocycles. The number of benzene rings is 3. The third-order valence-electron chi connectivity index (χ3n) is 5.84. The molecule has 0 aliphatic carbocycles. The summed E-state index contributed by atoms with van der Waals surface area (Å²) >= 11 is 18.9. The summed E-state index contributed by atoms with van der Waals surface area (Å²) in [5.74, 6) is -0.135. The number of nitrogens with one attached hydrogen (secondary N) is 1. The van der Waals surface area contributed by atoms with Gasteiger partial charge in [0.25, 0.3) is 5.91 Å². The number of hydrogen-bond acceptors (Lipinski definition) is 3. The maximum absolute atomic E-state index is 13.6. The molecule has 0 spiro atoms. The third-order valence-corrected chi connectivity index (χ3v) is 6.80. The van der Waals surface area contributed by atoms with Crippen molar-refractivity contribution in [3.05, 3.63) is 99.0 Å². The van der Waals surface area contributed by atoms with E-state index in [1.165, 1.54) is 4.90 Å². The first kappa shape index (κ1) is 27.9. The Balaban J connectivity index is 1.95. The molecule has 0 aliphatic heterocycles. The van der Waals surface area contributed by atoms with Crippen molar-refractivity contribution in [3.63, 3.8) is 0 Å². The summed E-state index contributed by atoms with van der Waals surface area (Å²) in [5, 5.41) is 4.42. The Labute approximate surface area is 227 Å². The van der Waals surface area contributed by atoms with Crippen LogP contribution in [0.25, 0.3) is 0 Å². The Morgan fingerprint density at radius 2 is 1.56 bits per heavy atom. The largest absolute Gasteiger partial charge is 0.484 e. The molecular weight excluding hydrogens is 519 g/mol. The summed E-state index contributed by atoms with van der Waals surface area (Å²) in [6, 6.07) is 20.6. The van der Waals surface area contributed by atoms with Crippen LogP contribution in [0.2, 0.25) is 15.1 Å². The first-order valence-corrected chi connectivity index (χ1v) is 12.9. The average molecular weight is 548 g/mol. The monoisotopic (exact) mass is 546 g/mol. The highest BCUT2D eigenvalue weighted by Crippen LogP contribution is 2.27. The maximum Gasteiger partial charge on any atom is 0.261 e. The molecule has 5 nitrogen and oxygen atoms in total. The van der Waals surface area contributed by atoms with E-state index in [9.17, 15) is 9.59 Å². The van der Waals surface area contributed by atoms with Crippen LogP contribution in [0.5, 0.6) is 5.75 Å². The van der Waals surface area contributed by atoms with Gasteiger partial charge < -0.3 is 15.0 Å². The Morgan fingerprint density at radius 3 is 2.17 bits per heavy atom. The van der Waals surface area contributed by atoms with Crippen molar-refractivity contribution in [2.75, 3.05) is 6.61 Å². The molecule has 0 saturated heterocycles. The zero-order valence-corrected chi connectivity index (χ0v) is 22.5. The molecule has 8 heteroatoms. The Bertz CT molecular complexity index is 1140. The van der Waals surface area contributed by atoms with Gasteiger partial charge in [0.2, 0.25) is 5.91 Å². The second kappa shape index (κ2) is 13.5. The summed E-state index contributed by atoms with van der Waals surface area (Å²) < 4.78 is 5.74. The van der Waals surface area contributed by atoms with Gasteiger partial charge in [0.15, 0.2) is 6.61 Å². The van der Waals surface area contributed by atoms with Crippen molar-refractivity contribution in [1.82, 2.24) is 10.2 Å². The standard InChI is InChI=1S/C28H29Cl3N2O3/c1-3-19(2)32-28(35)26(16-20-8-5-4-6-9-20)33(17-23-24(30)10-7-11-25(23)31)27(34)18-36-22-14-12-21(29)13-15-22/h4-15,19,26H,3,16-18H2,1-2H3,(H,32,35)/t19-,26+/m1/s1. The Hall–Kier alpha value is -2.73. The van der Waals surface area contributed by atoms with E-state index in [1.807, 2.05) is 44.2 Å². The molecule has 1 N–H and O–H groups in total.